The van der Waals surface area contributed by atoms with E-state index >= 15 is 19.2 Å². The molecule has 2 aliphatic heterocycles. The normalized spacial score (nSPS) is 13.9. The fraction of sp³-hybridized carbons (Fsp3) is 0.211. The zero-order chi connectivity index (χ0) is 57.6. The lowest BCUT2D eigenvalue weighted by molar-refractivity contribution is 0.0565. The Morgan fingerprint density at radius 2 is 0.631 bits per heavy atom. The van der Waals surface area contributed by atoms with Gasteiger partial charge in [0.15, 0.2) is 0 Å². The SMILES string of the molecule is CCCCC(CC)CN1C(=O)c2ccc3c4c(-c5ccc(N(c6ccccc6)c6ccccc6)cc5)cc5c6c(ccc(c7c(-c8ccc(N(c9ccccc9)c9ccccc9)cc8)cc(c2c37)C1=O)c64)C(=O)N(CC(CC)CCCC)C5=O. The van der Waals surface area contributed by atoms with Gasteiger partial charge in [-0.25, -0.2) is 0 Å². The summed E-state index contributed by atoms with van der Waals surface area (Å²) in [6, 6.07) is 70.3. The van der Waals surface area contributed by atoms with Crippen molar-refractivity contribution in [3.63, 3.8) is 0 Å². The standard InChI is InChI=1S/C76H68N4O4/c1-5-9-23-49(7-3)47-77-73(81)61-43-41-59-68-64(52-35-39-58(40-36-52)80(55-29-19-13-20-30-55)56-31-21-14-22-32-56)46-66-70-62(74(82)78(76(66)84)48-50(8-4)24-10-6-2)44-42-60(72(68)70)67-63(45-65(75(77)83)69(61)71(59)67)51-33-37-57(38-34-51)79(53-25-15-11-16-26-53)54-27-17-12-18-28-54/h11-22,25-46,49-50H,5-10,23-24,47-48H2,1-4H3. The van der Waals surface area contributed by atoms with Gasteiger partial charge in [-0.2, -0.15) is 0 Å². The number of fused-ring (bicyclic) bond motifs is 2. The first-order chi connectivity index (χ1) is 41.2. The van der Waals surface area contributed by atoms with Gasteiger partial charge in [0.05, 0.1) is 0 Å². The highest BCUT2D eigenvalue weighted by Gasteiger charge is 2.40. The Hall–Kier alpha value is -9.40. The Morgan fingerprint density at radius 1 is 0.321 bits per heavy atom. The van der Waals surface area contributed by atoms with Crippen LogP contribution < -0.4 is 9.80 Å². The van der Waals surface area contributed by atoms with Crippen molar-refractivity contribution in [2.24, 2.45) is 11.8 Å². The van der Waals surface area contributed by atoms with Gasteiger partial charge in [0.1, 0.15) is 0 Å². The highest BCUT2D eigenvalue weighted by Crippen LogP contribution is 2.53. The van der Waals surface area contributed by atoms with Gasteiger partial charge in [-0.15, -0.1) is 0 Å². The summed E-state index contributed by atoms with van der Waals surface area (Å²) in [7, 11) is 0. The number of para-hydroxylation sites is 4. The monoisotopic (exact) mass is 1100 g/mol. The van der Waals surface area contributed by atoms with Crippen molar-refractivity contribution in [3.05, 3.63) is 229 Å². The topological polar surface area (TPSA) is 81.2 Å². The van der Waals surface area contributed by atoms with E-state index in [9.17, 15) is 0 Å². The molecule has 0 spiro atoms. The van der Waals surface area contributed by atoms with Gasteiger partial charge in [-0.3, -0.25) is 29.0 Å². The molecule has 0 saturated carbocycles. The lowest BCUT2D eigenvalue weighted by Gasteiger charge is -2.33. The number of nitrogens with zero attached hydrogens (tertiary/aromatic N) is 4. The summed E-state index contributed by atoms with van der Waals surface area (Å²) < 4.78 is 0. The first kappa shape index (κ1) is 53.9. The van der Waals surface area contributed by atoms with Gasteiger partial charge >= 0.3 is 0 Å². The summed E-state index contributed by atoms with van der Waals surface area (Å²) in [4.78, 5) is 68.9. The molecule has 11 aromatic carbocycles. The van der Waals surface area contributed by atoms with Crippen molar-refractivity contribution >= 4 is 101 Å². The molecule has 416 valence electrons. The number of carbonyl (C=O) groups excluding carboxylic acids is 4. The number of benzene rings is 11. The number of hydrogen-bond donors (Lipinski definition) is 0. The quantitative estimate of drug-likeness (QED) is 0.0430. The Kier molecular flexibility index (Phi) is 14.6. The van der Waals surface area contributed by atoms with Gasteiger partial charge in [0.2, 0.25) is 0 Å². The van der Waals surface area contributed by atoms with E-state index in [4.69, 9.17) is 0 Å². The minimum Gasteiger partial charge on any atom is -0.311 e. The van der Waals surface area contributed by atoms with Crippen molar-refractivity contribution in [3.8, 4) is 22.3 Å². The number of imide groups is 2. The van der Waals surface area contributed by atoms with Crippen molar-refractivity contribution < 1.29 is 19.2 Å². The molecule has 84 heavy (non-hydrogen) atoms. The van der Waals surface area contributed by atoms with Crippen LogP contribution in [0, 0.1) is 11.8 Å². The summed E-state index contributed by atoms with van der Waals surface area (Å²) in [6.07, 6.45) is 7.66. The predicted octanol–water partition coefficient (Wildman–Crippen LogP) is 19.6. The number of rotatable bonds is 20. The van der Waals surface area contributed by atoms with Gasteiger partial charge < -0.3 is 9.80 Å². The number of unbranched alkanes of at least 4 members (excludes halogenated alkanes) is 2. The Balaban J connectivity index is 1.09. The Morgan fingerprint density at radius 3 is 0.940 bits per heavy atom. The molecule has 13 rings (SSSR count). The molecule has 0 fully saturated rings. The van der Waals surface area contributed by atoms with E-state index in [2.05, 4.69) is 147 Å². The van der Waals surface area contributed by atoms with Gasteiger partial charge in [0, 0.05) is 80.2 Å². The van der Waals surface area contributed by atoms with Crippen LogP contribution in [-0.4, -0.2) is 46.5 Å². The second-order valence-corrected chi connectivity index (χ2v) is 22.9. The van der Waals surface area contributed by atoms with Crippen LogP contribution >= 0.6 is 0 Å². The summed E-state index contributed by atoms with van der Waals surface area (Å²) in [5.41, 5.74) is 11.3. The van der Waals surface area contributed by atoms with E-state index in [0.717, 1.165) is 140 Å². The lowest BCUT2D eigenvalue weighted by Crippen LogP contribution is -2.43. The third-order valence-corrected chi connectivity index (χ3v) is 17.9. The van der Waals surface area contributed by atoms with E-state index in [1.807, 2.05) is 97.1 Å². The third kappa shape index (κ3) is 9.25. The van der Waals surface area contributed by atoms with Gasteiger partial charge in [-0.1, -0.05) is 175 Å². The maximum absolute atomic E-state index is 15.5. The fourth-order valence-electron chi connectivity index (χ4n) is 13.5. The van der Waals surface area contributed by atoms with Gasteiger partial charge in [-0.05, 0) is 176 Å². The number of amides is 4. The van der Waals surface area contributed by atoms with Crippen LogP contribution in [0.15, 0.2) is 206 Å². The third-order valence-electron chi connectivity index (χ3n) is 17.9. The largest absolute Gasteiger partial charge is 0.311 e. The fourth-order valence-corrected chi connectivity index (χ4v) is 13.5. The summed E-state index contributed by atoms with van der Waals surface area (Å²) >= 11 is 0. The summed E-state index contributed by atoms with van der Waals surface area (Å²) in [5, 5.41) is 6.27. The second kappa shape index (κ2) is 22.7. The van der Waals surface area contributed by atoms with Crippen molar-refractivity contribution in [1.82, 2.24) is 9.80 Å². The van der Waals surface area contributed by atoms with E-state index < -0.39 is 0 Å². The molecule has 8 heteroatoms. The van der Waals surface area contributed by atoms with Crippen LogP contribution in [0.3, 0.4) is 0 Å². The number of anilines is 6. The van der Waals surface area contributed by atoms with Crippen LogP contribution in [0.2, 0.25) is 0 Å². The number of hydrogen-bond acceptors (Lipinski definition) is 6. The minimum atomic E-state index is -0.294. The highest BCUT2D eigenvalue weighted by atomic mass is 16.2. The molecule has 2 aliphatic rings. The van der Waals surface area contributed by atoms with E-state index in [0.29, 0.717) is 46.1 Å². The lowest BCUT2D eigenvalue weighted by atomic mass is 9.77. The molecule has 2 atom stereocenters. The molecule has 11 aromatic rings. The maximum atomic E-state index is 15.5. The van der Waals surface area contributed by atoms with Crippen LogP contribution in [0.25, 0.3) is 65.3 Å². The molecule has 0 N–H and O–H groups in total. The molecular formula is C76H68N4O4. The molecule has 2 heterocycles. The maximum Gasteiger partial charge on any atom is 0.261 e. The van der Waals surface area contributed by atoms with Crippen molar-refractivity contribution in [1.29, 1.82) is 0 Å². The van der Waals surface area contributed by atoms with Crippen LogP contribution in [0.5, 0.6) is 0 Å². The molecular weight excluding hydrogens is 1030 g/mol. The zero-order valence-corrected chi connectivity index (χ0v) is 48.3. The molecule has 0 aromatic heterocycles. The first-order valence-corrected chi connectivity index (χ1v) is 30.2. The molecule has 0 saturated heterocycles. The van der Waals surface area contributed by atoms with E-state index in [1.54, 1.807) is 0 Å². The Bertz CT molecular complexity index is 3920. The smallest absolute Gasteiger partial charge is 0.261 e. The molecule has 0 aliphatic carbocycles. The summed E-state index contributed by atoms with van der Waals surface area (Å²) in [6.45, 7) is 9.32. The number of carbonyl (C=O) groups is 4. The van der Waals surface area contributed by atoms with Crippen molar-refractivity contribution in [2.75, 3.05) is 22.9 Å². The second-order valence-electron chi connectivity index (χ2n) is 22.9. The highest BCUT2D eigenvalue weighted by molar-refractivity contribution is 6.44. The molecule has 0 radical (unpaired) electrons. The van der Waals surface area contributed by atoms with E-state index in [-0.39, 0.29) is 35.5 Å². The summed E-state index contributed by atoms with van der Waals surface area (Å²) in [5.74, 6) is -0.834. The Labute approximate surface area is 491 Å². The van der Waals surface area contributed by atoms with E-state index in [1.165, 1.54) is 9.80 Å². The minimum absolute atomic E-state index is 0.162. The van der Waals surface area contributed by atoms with Crippen LogP contribution in [0.1, 0.15) is 120 Å². The first-order valence-electron chi connectivity index (χ1n) is 30.2. The average molecular weight is 1100 g/mol. The molecule has 4 amide bonds. The zero-order valence-electron chi connectivity index (χ0n) is 48.3. The van der Waals surface area contributed by atoms with Crippen LogP contribution in [-0.2, 0) is 0 Å². The van der Waals surface area contributed by atoms with Gasteiger partial charge in [0.25, 0.3) is 23.6 Å². The van der Waals surface area contributed by atoms with Crippen LogP contribution in [0.4, 0.5) is 34.1 Å². The van der Waals surface area contributed by atoms with Crippen molar-refractivity contribution in [2.45, 2.75) is 79.1 Å². The molecule has 0 bridgehead atoms. The average Bonchev–Trinajstić information content (AvgIpc) is 0.720. The molecule has 2 unspecified atom stereocenters. The molecule has 8 nitrogen and oxygen atoms in total. The predicted molar refractivity (Wildman–Crippen MR) is 345 cm³/mol.